The summed E-state index contributed by atoms with van der Waals surface area (Å²) >= 11 is 0. The Morgan fingerprint density at radius 3 is 1.50 bits per heavy atom. The van der Waals surface area contributed by atoms with E-state index in [9.17, 15) is 8.42 Å². The van der Waals surface area contributed by atoms with Crippen LogP contribution in [0.2, 0.25) is 0 Å². The van der Waals surface area contributed by atoms with Gasteiger partial charge in [0.25, 0.3) is 0 Å². The lowest BCUT2D eigenvalue weighted by atomic mass is 10.0. The molecule has 0 N–H and O–H groups in total. The van der Waals surface area contributed by atoms with Crippen molar-refractivity contribution in [2.45, 2.75) is 22.6 Å². The lowest BCUT2D eigenvalue weighted by Crippen LogP contribution is -2.11. The van der Waals surface area contributed by atoms with Crippen LogP contribution in [0.15, 0.2) is 58.3 Å². The molecule has 0 aromatic heterocycles. The summed E-state index contributed by atoms with van der Waals surface area (Å²) in [5.41, 5.74) is 2.08. The third-order valence-corrected chi connectivity index (χ3v) is 6.80. The van der Waals surface area contributed by atoms with E-state index >= 15 is 0 Å². The van der Waals surface area contributed by atoms with Crippen molar-refractivity contribution in [2.75, 3.05) is 0 Å². The Balaban J connectivity index is 2.17. The summed E-state index contributed by atoms with van der Waals surface area (Å²) in [5.74, 6) is 0. The van der Waals surface area contributed by atoms with Crippen LogP contribution < -0.4 is 0 Å². The summed E-state index contributed by atoms with van der Waals surface area (Å²) in [6, 6.07) is 15.1. The van der Waals surface area contributed by atoms with Crippen LogP contribution in [-0.2, 0) is 32.5 Å². The first-order valence-electron chi connectivity index (χ1n) is 5.77. The Labute approximate surface area is 110 Å². The number of fused-ring (bicyclic) bond motifs is 2. The first-order valence-corrected chi connectivity index (χ1v) is 8.59. The highest BCUT2D eigenvalue weighted by Gasteiger charge is 2.22. The summed E-state index contributed by atoms with van der Waals surface area (Å²) in [5, 5.41) is 0. The van der Waals surface area contributed by atoms with Crippen LogP contribution in [-0.4, -0.2) is 8.42 Å². The number of hydrogen-bond donors (Lipinski definition) is 0. The number of rotatable bonds is 0. The fraction of sp³-hybridized carbons (Fsp3) is 0.143. The van der Waals surface area contributed by atoms with E-state index in [1.165, 1.54) is 0 Å². The summed E-state index contributed by atoms with van der Waals surface area (Å²) in [6.45, 7) is 0. The van der Waals surface area contributed by atoms with Crippen molar-refractivity contribution in [1.82, 2.24) is 0 Å². The van der Waals surface area contributed by atoms with Gasteiger partial charge in [-0.05, 0) is 36.1 Å². The molecule has 1 heterocycles. The molecule has 4 heteroatoms. The molecule has 0 fully saturated rings. The summed E-state index contributed by atoms with van der Waals surface area (Å²) < 4.78 is 24.7. The molecule has 0 saturated heterocycles. The lowest BCUT2D eigenvalue weighted by Gasteiger charge is -2.15. The van der Waals surface area contributed by atoms with Crippen molar-refractivity contribution in [3.63, 3.8) is 0 Å². The molecule has 1 aliphatic rings. The van der Waals surface area contributed by atoms with Gasteiger partial charge in [0.2, 0.25) is 0 Å². The largest absolute Gasteiger partial charge is 0.240 e. The van der Waals surface area contributed by atoms with E-state index in [0.717, 1.165) is 24.0 Å². The first-order chi connectivity index (χ1) is 8.77. The van der Waals surface area contributed by atoms with Crippen LogP contribution in [0.1, 0.15) is 11.1 Å². The molecule has 0 bridgehead atoms. The molecule has 0 spiro atoms. The molecular weight excluding hydrogens is 264 g/mol. The van der Waals surface area contributed by atoms with Crippen molar-refractivity contribution in [2.24, 2.45) is 0 Å². The Bertz CT molecular complexity index is 592. The molecule has 0 aliphatic carbocycles. The highest BCUT2D eigenvalue weighted by atomic mass is 33.1. The highest BCUT2D eigenvalue weighted by molar-refractivity contribution is 8.61. The van der Waals surface area contributed by atoms with E-state index in [1.54, 1.807) is 0 Å². The van der Waals surface area contributed by atoms with Gasteiger partial charge in [-0.2, -0.15) is 0 Å². The van der Waals surface area contributed by atoms with Crippen molar-refractivity contribution < 1.29 is 8.42 Å². The molecule has 92 valence electrons. The molecule has 1 aliphatic heterocycles. The molecule has 2 nitrogen and oxygen atoms in total. The minimum Gasteiger partial charge on any atom is -0.240 e. The van der Waals surface area contributed by atoms with Gasteiger partial charge in [0.05, 0.1) is 9.79 Å². The predicted molar refractivity (Wildman–Crippen MR) is 73.1 cm³/mol. The zero-order valence-electron chi connectivity index (χ0n) is 9.67. The molecule has 18 heavy (non-hydrogen) atoms. The van der Waals surface area contributed by atoms with Gasteiger partial charge in [0.1, 0.15) is 19.7 Å². The third-order valence-electron chi connectivity index (χ3n) is 3.11. The Morgan fingerprint density at radius 1 is 0.667 bits per heavy atom. The smallest absolute Gasteiger partial charge is 0.148 e. The lowest BCUT2D eigenvalue weighted by molar-refractivity contribution is 0.674. The predicted octanol–water partition coefficient (Wildman–Crippen LogP) is 2.62. The van der Waals surface area contributed by atoms with Crippen LogP contribution in [0.4, 0.5) is 0 Å². The molecule has 2 aromatic rings. The second-order valence-electron chi connectivity index (χ2n) is 4.18. The third kappa shape index (κ3) is 1.95. The van der Waals surface area contributed by atoms with E-state index in [0.29, 0.717) is 9.79 Å². The van der Waals surface area contributed by atoms with Gasteiger partial charge < -0.3 is 0 Å². The molecule has 3 rings (SSSR count). The SMILES string of the molecule is O=S1c2ccccc2CCc2ccccc2S1=O. The van der Waals surface area contributed by atoms with E-state index in [-0.39, 0.29) is 0 Å². The summed E-state index contributed by atoms with van der Waals surface area (Å²) in [4.78, 5) is 1.43. The van der Waals surface area contributed by atoms with E-state index in [4.69, 9.17) is 0 Å². The van der Waals surface area contributed by atoms with Gasteiger partial charge in [0.15, 0.2) is 0 Å². The van der Waals surface area contributed by atoms with Crippen LogP contribution >= 0.6 is 0 Å². The molecule has 0 saturated carbocycles. The van der Waals surface area contributed by atoms with Crippen molar-refractivity contribution >= 4 is 19.7 Å². The minimum absolute atomic E-state index is 0.713. The maximum Gasteiger partial charge on any atom is 0.148 e. The number of aryl methyl sites for hydroxylation is 2. The Hall–Kier alpha value is -1.26. The molecular formula is C14H12O2S2. The van der Waals surface area contributed by atoms with Gasteiger partial charge >= 0.3 is 0 Å². The number of benzene rings is 2. The maximum absolute atomic E-state index is 12.4. The summed E-state index contributed by atoms with van der Waals surface area (Å²) in [7, 11) is -2.96. The first kappa shape index (κ1) is 11.8. The fourth-order valence-electron chi connectivity index (χ4n) is 2.18. The van der Waals surface area contributed by atoms with Crippen LogP contribution in [0.5, 0.6) is 0 Å². The molecule has 2 atom stereocenters. The molecule has 0 amide bonds. The van der Waals surface area contributed by atoms with Crippen LogP contribution in [0, 0.1) is 0 Å². The van der Waals surface area contributed by atoms with Gasteiger partial charge in [0, 0.05) is 0 Å². The zero-order valence-corrected chi connectivity index (χ0v) is 11.3. The number of hydrogen-bond acceptors (Lipinski definition) is 2. The standard InChI is InChI=1S/C14H12O2S2/c15-17-13-7-3-1-5-11(13)9-10-12-6-2-4-8-14(12)18(17)16/h1-8H,9-10H2. The Kier molecular flexibility index (Phi) is 3.14. The van der Waals surface area contributed by atoms with Crippen molar-refractivity contribution in [1.29, 1.82) is 0 Å². The fourth-order valence-corrected chi connectivity index (χ4v) is 5.61. The minimum atomic E-state index is -1.48. The zero-order chi connectivity index (χ0) is 12.5. The van der Waals surface area contributed by atoms with Crippen LogP contribution in [0.25, 0.3) is 0 Å². The van der Waals surface area contributed by atoms with Gasteiger partial charge in [-0.1, -0.05) is 36.4 Å². The average molecular weight is 276 g/mol. The quantitative estimate of drug-likeness (QED) is 0.693. The monoisotopic (exact) mass is 276 g/mol. The second kappa shape index (κ2) is 4.78. The maximum atomic E-state index is 12.4. The molecule has 2 unspecified atom stereocenters. The van der Waals surface area contributed by atoms with E-state index in [2.05, 4.69) is 0 Å². The van der Waals surface area contributed by atoms with Gasteiger partial charge in [-0.15, -0.1) is 0 Å². The van der Waals surface area contributed by atoms with Gasteiger partial charge in [-0.3, -0.25) is 0 Å². The van der Waals surface area contributed by atoms with Crippen molar-refractivity contribution in [3.05, 3.63) is 59.7 Å². The molecule has 0 radical (unpaired) electrons. The van der Waals surface area contributed by atoms with Gasteiger partial charge in [-0.25, -0.2) is 8.42 Å². The second-order valence-corrected chi connectivity index (χ2v) is 7.82. The van der Waals surface area contributed by atoms with E-state index in [1.807, 2.05) is 48.5 Å². The topological polar surface area (TPSA) is 34.1 Å². The van der Waals surface area contributed by atoms with E-state index < -0.39 is 19.7 Å². The summed E-state index contributed by atoms with van der Waals surface area (Å²) in [6.07, 6.45) is 1.69. The normalized spacial score (nSPS) is 22.4. The molecule has 2 aromatic carbocycles. The average Bonchev–Trinajstić information content (AvgIpc) is 2.43. The van der Waals surface area contributed by atoms with Crippen molar-refractivity contribution in [3.8, 4) is 0 Å². The highest BCUT2D eigenvalue weighted by Crippen LogP contribution is 2.27. The Morgan fingerprint density at radius 2 is 1.06 bits per heavy atom. The van der Waals surface area contributed by atoms with Crippen LogP contribution in [0.3, 0.4) is 0 Å².